The summed E-state index contributed by atoms with van der Waals surface area (Å²) in [5, 5.41) is 11.0. The fraction of sp³-hybridized carbons (Fsp3) is 0.188. The first-order valence-electron chi connectivity index (χ1n) is 7.43. The monoisotopic (exact) mass is 360 g/mol. The van der Waals surface area contributed by atoms with Gasteiger partial charge in [0.25, 0.3) is 5.69 Å². The van der Waals surface area contributed by atoms with Crippen molar-refractivity contribution in [1.29, 1.82) is 0 Å². The lowest BCUT2D eigenvalue weighted by Gasteiger charge is -2.08. The normalized spacial score (nSPS) is 11.6. The fourth-order valence-corrected chi connectivity index (χ4v) is 3.83. The highest BCUT2D eigenvalue weighted by Gasteiger charge is 2.20. The number of aryl methyl sites for hydroxylation is 2. The quantitative estimate of drug-likeness (QED) is 0.556. The van der Waals surface area contributed by atoms with Crippen LogP contribution in [0.5, 0.6) is 0 Å². The summed E-state index contributed by atoms with van der Waals surface area (Å²) < 4.78 is 29.1. The second kappa shape index (κ2) is 6.17. The highest BCUT2D eigenvalue weighted by molar-refractivity contribution is 7.91. The highest BCUT2D eigenvalue weighted by Crippen LogP contribution is 2.23. The summed E-state index contributed by atoms with van der Waals surface area (Å²) in [6.07, 6.45) is 0. The van der Waals surface area contributed by atoms with Crippen molar-refractivity contribution in [2.24, 2.45) is 7.05 Å². The van der Waals surface area contributed by atoms with Gasteiger partial charge in [-0.1, -0.05) is 18.2 Å². The molecule has 9 heteroatoms. The van der Waals surface area contributed by atoms with Crippen molar-refractivity contribution in [3.63, 3.8) is 0 Å². The van der Waals surface area contributed by atoms with Crippen LogP contribution in [-0.4, -0.2) is 22.9 Å². The van der Waals surface area contributed by atoms with E-state index in [9.17, 15) is 18.5 Å². The number of nitro benzene ring substituents is 1. The Hall–Kier alpha value is -2.94. The zero-order valence-electron chi connectivity index (χ0n) is 13.6. The SMILES string of the molecule is Cc1nc2cc(NS(=O)(=O)Cc3ccccc3[N+](=O)[O-])ccc2n1C. The van der Waals surface area contributed by atoms with E-state index in [2.05, 4.69) is 9.71 Å². The molecule has 1 N–H and O–H groups in total. The molecular weight excluding hydrogens is 344 g/mol. The van der Waals surface area contributed by atoms with E-state index in [1.165, 1.54) is 18.2 Å². The van der Waals surface area contributed by atoms with E-state index in [0.717, 1.165) is 11.3 Å². The molecule has 1 aromatic heterocycles. The van der Waals surface area contributed by atoms with E-state index in [1.54, 1.807) is 24.3 Å². The number of aromatic nitrogens is 2. The van der Waals surface area contributed by atoms with Crippen molar-refractivity contribution in [3.05, 3.63) is 64.0 Å². The first-order valence-corrected chi connectivity index (χ1v) is 9.08. The van der Waals surface area contributed by atoms with Gasteiger partial charge in [0.15, 0.2) is 0 Å². The molecule has 0 aliphatic carbocycles. The van der Waals surface area contributed by atoms with Gasteiger partial charge in [-0.3, -0.25) is 14.8 Å². The Balaban J connectivity index is 1.88. The zero-order valence-corrected chi connectivity index (χ0v) is 14.4. The lowest BCUT2D eigenvalue weighted by Crippen LogP contribution is -2.15. The van der Waals surface area contributed by atoms with E-state index >= 15 is 0 Å². The maximum Gasteiger partial charge on any atom is 0.273 e. The second-order valence-corrected chi connectivity index (χ2v) is 7.39. The number of para-hydroxylation sites is 1. The van der Waals surface area contributed by atoms with Crippen molar-refractivity contribution < 1.29 is 13.3 Å². The summed E-state index contributed by atoms with van der Waals surface area (Å²) in [6, 6.07) is 10.8. The molecule has 3 aromatic rings. The van der Waals surface area contributed by atoms with E-state index in [1.807, 2.05) is 18.5 Å². The van der Waals surface area contributed by atoms with Gasteiger partial charge in [0.2, 0.25) is 10.0 Å². The number of sulfonamides is 1. The summed E-state index contributed by atoms with van der Waals surface area (Å²) in [4.78, 5) is 14.8. The van der Waals surface area contributed by atoms with E-state index in [-0.39, 0.29) is 11.3 Å². The Morgan fingerprint density at radius 2 is 1.96 bits per heavy atom. The molecule has 0 fully saturated rings. The highest BCUT2D eigenvalue weighted by atomic mass is 32.2. The molecule has 0 saturated carbocycles. The molecule has 25 heavy (non-hydrogen) atoms. The van der Waals surface area contributed by atoms with Crippen molar-refractivity contribution >= 4 is 32.4 Å². The van der Waals surface area contributed by atoms with Crippen LogP contribution in [0.25, 0.3) is 11.0 Å². The molecule has 0 aliphatic heterocycles. The Bertz CT molecular complexity index is 1070. The maximum absolute atomic E-state index is 12.4. The van der Waals surface area contributed by atoms with E-state index < -0.39 is 20.7 Å². The maximum atomic E-state index is 12.4. The first kappa shape index (κ1) is 16.9. The van der Waals surface area contributed by atoms with E-state index in [4.69, 9.17) is 0 Å². The molecule has 0 atom stereocenters. The molecule has 0 bridgehead atoms. The standard InChI is InChI=1S/C16H16N4O4S/c1-11-17-14-9-13(7-8-16(14)19(11)2)18-25(23,24)10-12-5-3-4-6-15(12)20(21)22/h3-9,18H,10H2,1-2H3. The molecular formula is C16H16N4O4S. The molecule has 0 amide bonds. The average Bonchev–Trinajstić information content (AvgIpc) is 2.81. The third-order valence-electron chi connectivity index (χ3n) is 3.91. The number of fused-ring (bicyclic) bond motifs is 1. The van der Waals surface area contributed by atoms with Gasteiger partial charge in [0.05, 0.1) is 21.6 Å². The van der Waals surface area contributed by atoms with Crippen LogP contribution in [0.4, 0.5) is 11.4 Å². The summed E-state index contributed by atoms with van der Waals surface area (Å²) >= 11 is 0. The average molecular weight is 360 g/mol. The number of nitrogens with zero attached hydrogens (tertiary/aromatic N) is 3. The van der Waals surface area contributed by atoms with Crippen LogP contribution < -0.4 is 4.72 Å². The first-order chi connectivity index (χ1) is 11.8. The van der Waals surface area contributed by atoms with Gasteiger partial charge < -0.3 is 4.57 Å². The third-order valence-corrected chi connectivity index (χ3v) is 5.15. The van der Waals surface area contributed by atoms with Crippen LogP contribution in [0.2, 0.25) is 0 Å². The lowest BCUT2D eigenvalue weighted by molar-refractivity contribution is -0.385. The van der Waals surface area contributed by atoms with Crippen LogP contribution in [-0.2, 0) is 22.8 Å². The van der Waals surface area contributed by atoms with Gasteiger partial charge >= 0.3 is 0 Å². The molecule has 0 saturated heterocycles. The third kappa shape index (κ3) is 3.45. The molecule has 8 nitrogen and oxygen atoms in total. The van der Waals surface area contributed by atoms with Crippen LogP contribution in [0.1, 0.15) is 11.4 Å². The predicted octanol–water partition coefficient (Wildman–Crippen LogP) is 2.73. The largest absolute Gasteiger partial charge is 0.331 e. The molecule has 0 spiro atoms. The minimum absolute atomic E-state index is 0.134. The van der Waals surface area contributed by atoms with Crippen LogP contribution in [0.3, 0.4) is 0 Å². The topological polar surface area (TPSA) is 107 Å². The van der Waals surface area contributed by atoms with Crippen molar-refractivity contribution in [2.45, 2.75) is 12.7 Å². The van der Waals surface area contributed by atoms with Crippen LogP contribution >= 0.6 is 0 Å². The number of benzene rings is 2. The Morgan fingerprint density at radius 3 is 2.68 bits per heavy atom. The summed E-state index contributed by atoms with van der Waals surface area (Å²) in [5.74, 6) is 0.332. The molecule has 0 aliphatic rings. The number of hydrogen-bond donors (Lipinski definition) is 1. The minimum atomic E-state index is -3.80. The number of hydrogen-bond acceptors (Lipinski definition) is 5. The number of anilines is 1. The predicted molar refractivity (Wildman–Crippen MR) is 94.8 cm³/mol. The summed E-state index contributed by atoms with van der Waals surface area (Å²) in [7, 11) is -1.93. The minimum Gasteiger partial charge on any atom is -0.331 e. The fourth-order valence-electron chi connectivity index (χ4n) is 2.62. The van der Waals surface area contributed by atoms with Crippen molar-refractivity contribution in [3.8, 4) is 0 Å². The number of nitrogens with one attached hydrogen (secondary N) is 1. The number of imidazole rings is 1. The van der Waals surface area contributed by atoms with Gasteiger partial charge in [-0.15, -0.1) is 0 Å². The second-order valence-electron chi connectivity index (χ2n) is 5.67. The Morgan fingerprint density at radius 1 is 1.24 bits per heavy atom. The van der Waals surface area contributed by atoms with E-state index in [0.29, 0.717) is 11.2 Å². The molecule has 0 unspecified atom stereocenters. The molecule has 2 aromatic carbocycles. The molecule has 0 radical (unpaired) electrons. The number of nitro groups is 1. The molecule has 3 rings (SSSR count). The molecule has 130 valence electrons. The zero-order chi connectivity index (χ0) is 18.2. The summed E-state index contributed by atoms with van der Waals surface area (Å²) in [6.45, 7) is 1.86. The van der Waals surface area contributed by atoms with Crippen molar-refractivity contribution in [2.75, 3.05) is 4.72 Å². The van der Waals surface area contributed by atoms with Gasteiger partial charge in [-0.2, -0.15) is 0 Å². The Labute approximate surface area is 144 Å². The van der Waals surface area contributed by atoms with Crippen LogP contribution in [0, 0.1) is 17.0 Å². The van der Waals surface area contributed by atoms with Gasteiger partial charge in [-0.25, -0.2) is 13.4 Å². The smallest absolute Gasteiger partial charge is 0.273 e. The van der Waals surface area contributed by atoms with Crippen molar-refractivity contribution in [1.82, 2.24) is 9.55 Å². The lowest BCUT2D eigenvalue weighted by atomic mass is 10.2. The van der Waals surface area contributed by atoms with Gasteiger partial charge in [0.1, 0.15) is 11.6 Å². The van der Waals surface area contributed by atoms with Crippen LogP contribution in [0.15, 0.2) is 42.5 Å². The summed E-state index contributed by atoms with van der Waals surface area (Å²) in [5.41, 5.74) is 1.84. The Kier molecular flexibility index (Phi) is 4.17. The number of rotatable bonds is 5. The van der Waals surface area contributed by atoms with Gasteiger partial charge in [0, 0.05) is 18.7 Å². The van der Waals surface area contributed by atoms with Gasteiger partial charge in [-0.05, 0) is 25.1 Å². The molecule has 1 heterocycles.